The van der Waals surface area contributed by atoms with Crippen molar-refractivity contribution in [2.75, 3.05) is 0 Å². The molecule has 0 amide bonds. The molecule has 0 saturated heterocycles. The monoisotopic (exact) mass is 577 g/mol. The fraction of sp³-hybridized carbons (Fsp3) is 0.949. The molecule has 0 radical (unpaired) electrons. The third-order valence-corrected chi connectivity index (χ3v) is 9.14. The van der Waals surface area contributed by atoms with E-state index >= 15 is 0 Å². The zero-order valence-electron chi connectivity index (χ0n) is 28.1. The maximum Gasteiger partial charge on any atom is 0.119 e. The number of aldehydes is 2. The van der Waals surface area contributed by atoms with Crippen molar-refractivity contribution >= 4 is 12.6 Å². The smallest absolute Gasteiger partial charge is 0.119 e. The van der Waals surface area contributed by atoms with Gasteiger partial charge in [0.05, 0.1) is 0 Å². The summed E-state index contributed by atoms with van der Waals surface area (Å²) in [6.07, 6.45) is 52.9. The molecule has 0 heterocycles. The minimum atomic E-state index is 0.760. The number of hydrogen-bond donors (Lipinski definition) is 0. The maximum atomic E-state index is 10.3. The summed E-state index contributed by atoms with van der Waals surface area (Å²) >= 11 is 0. The molecule has 0 aromatic heterocycles. The van der Waals surface area contributed by atoms with Crippen molar-refractivity contribution in [3.05, 3.63) is 0 Å². The van der Waals surface area contributed by atoms with E-state index in [1.54, 1.807) is 0 Å². The second kappa shape index (κ2) is 39.3. The first kappa shape index (κ1) is 40.3. The second-order valence-electron chi connectivity index (χ2n) is 13.3. The first-order valence-corrected chi connectivity index (χ1v) is 19.3. The van der Waals surface area contributed by atoms with Crippen LogP contribution in [0.15, 0.2) is 0 Å². The van der Waals surface area contributed by atoms with E-state index in [1.807, 2.05) is 0 Å². The van der Waals surface area contributed by atoms with Crippen molar-refractivity contribution in [3.8, 4) is 0 Å². The van der Waals surface area contributed by atoms with Crippen LogP contribution in [-0.4, -0.2) is 12.6 Å². The van der Waals surface area contributed by atoms with Gasteiger partial charge in [-0.15, -0.1) is 0 Å². The zero-order valence-corrected chi connectivity index (χ0v) is 28.1. The highest BCUT2D eigenvalue weighted by Crippen LogP contribution is 2.17. The first-order chi connectivity index (χ1) is 20.4. The number of carbonyl (C=O) groups is 2. The molecule has 0 aromatic rings. The van der Waals surface area contributed by atoms with Gasteiger partial charge in [0.2, 0.25) is 0 Å². The van der Waals surface area contributed by atoms with Gasteiger partial charge in [-0.25, -0.2) is 0 Å². The minimum absolute atomic E-state index is 0.760. The van der Waals surface area contributed by atoms with Crippen LogP contribution in [0.25, 0.3) is 0 Å². The van der Waals surface area contributed by atoms with Gasteiger partial charge in [-0.2, -0.15) is 0 Å². The van der Waals surface area contributed by atoms with Gasteiger partial charge in [0, 0.05) is 12.8 Å². The lowest BCUT2D eigenvalue weighted by molar-refractivity contribution is -0.108. The fourth-order valence-corrected chi connectivity index (χ4v) is 6.29. The predicted molar refractivity (Wildman–Crippen MR) is 183 cm³/mol. The van der Waals surface area contributed by atoms with Crippen molar-refractivity contribution in [2.45, 2.75) is 238 Å². The summed E-state index contributed by atoms with van der Waals surface area (Å²) in [6.45, 7) is 0. The molecule has 2 nitrogen and oxygen atoms in total. The molecule has 0 N–H and O–H groups in total. The molecule has 0 aliphatic heterocycles. The van der Waals surface area contributed by atoms with E-state index in [2.05, 4.69) is 0 Å². The van der Waals surface area contributed by atoms with Crippen molar-refractivity contribution in [1.29, 1.82) is 0 Å². The van der Waals surface area contributed by atoms with Crippen molar-refractivity contribution < 1.29 is 9.59 Å². The van der Waals surface area contributed by atoms with Gasteiger partial charge in [0.15, 0.2) is 0 Å². The lowest BCUT2D eigenvalue weighted by Crippen LogP contribution is -1.85. The number of unbranched alkanes of at least 4 members (excludes halogenated alkanes) is 36. The molecule has 0 aliphatic rings. The first-order valence-electron chi connectivity index (χ1n) is 19.3. The van der Waals surface area contributed by atoms with E-state index in [-0.39, 0.29) is 0 Å². The molecular formula is C39H76O2. The topological polar surface area (TPSA) is 34.1 Å². The Hall–Kier alpha value is -0.660. The van der Waals surface area contributed by atoms with Crippen molar-refractivity contribution in [2.24, 2.45) is 0 Å². The van der Waals surface area contributed by atoms with E-state index in [0.717, 1.165) is 38.3 Å². The molecule has 0 spiro atoms. The van der Waals surface area contributed by atoms with Gasteiger partial charge in [0.1, 0.15) is 12.6 Å². The second-order valence-corrected chi connectivity index (χ2v) is 13.3. The summed E-state index contributed by atoms with van der Waals surface area (Å²) < 4.78 is 0. The molecule has 0 rings (SSSR count). The Morgan fingerprint density at radius 1 is 0.171 bits per heavy atom. The van der Waals surface area contributed by atoms with Crippen LogP contribution in [0.5, 0.6) is 0 Å². The van der Waals surface area contributed by atoms with Gasteiger partial charge in [-0.05, 0) is 12.8 Å². The Labute approximate surface area is 259 Å². The summed E-state index contributed by atoms with van der Waals surface area (Å²) in [5.74, 6) is 0. The predicted octanol–water partition coefficient (Wildman–Crippen LogP) is 13.8. The molecule has 0 aromatic carbocycles. The molecule has 41 heavy (non-hydrogen) atoms. The quantitative estimate of drug-likeness (QED) is 0.0541. The largest absolute Gasteiger partial charge is 0.303 e. The summed E-state index contributed by atoms with van der Waals surface area (Å²) in [6, 6.07) is 0. The average Bonchev–Trinajstić information content (AvgIpc) is 2.98. The molecule has 0 unspecified atom stereocenters. The summed E-state index contributed by atoms with van der Waals surface area (Å²) in [4.78, 5) is 20.6. The molecule has 244 valence electrons. The zero-order chi connectivity index (χ0) is 29.6. The van der Waals surface area contributed by atoms with Crippen molar-refractivity contribution in [1.82, 2.24) is 0 Å². The summed E-state index contributed by atoms with van der Waals surface area (Å²) in [5.41, 5.74) is 0. The number of rotatable bonds is 38. The highest BCUT2D eigenvalue weighted by Gasteiger charge is 1.97. The Kier molecular flexibility index (Phi) is 38.7. The molecule has 0 saturated carbocycles. The molecule has 0 fully saturated rings. The van der Waals surface area contributed by atoms with Gasteiger partial charge < -0.3 is 9.59 Å². The highest BCUT2D eigenvalue weighted by atomic mass is 16.1. The Morgan fingerprint density at radius 2 is 0.268 bits per heavy atom. The van der Waals surface area contributed by atoms with Gasteiger partial charge in [-0.1, -0.05) is 212 Å². The third-order valence-electron chi connectivity index (χ3n) is 9.14. The van der Waals surface area contributed by atoms with Gasteiger partial charge in [-0.3, -0.25) is 0 Å². The van der Waals surface area contributed by atoms with E-state index < -0.39 is 0 Å². The van der Waals surface area contributed by atoms with E-state index in [4.69, 9.17) is 0 Å². The van der Waals surface area contributed by atoms with E-state index in [0.29, 0.717) is 0 Å². The minimum Gasteiger partial charge on any atom is -0.303 e. The lowest BCUT2D eigenvalue weighted by Gasteiger charge is -2.05. The van der Waals surface area contributed by atoms with Crippen LogP contribution < -0.4 is 0 Å². The Balaban J connectivity index is 3.02. The summed E-state index contributed by atoms with van der Waals surface area (Å²) in [7, 11) is 0. The highest BCUT2D eigenvalue weighted by molar-refractivity contribution is 5.49. The SMILES string of the molecule is O=CCCCCCCCCCCCCCCCCCCCCCCCCCCCCCCCCCCCCCC=O. The van der Waals surface area contributed by atoms with Crippen LogP contribution in [0.4, 0.5) is 0 Å². The van der Waals surface area contributed by atoms with Crippen LogP contribution >= 0.6 is 0 Å². The lowest BCUT2D eigenvalue weighted by atomic mass is 10.0. The van der Waals surface area contributed by atoms with Gasteiger partial charge in [0.25, 0.3) is 0 Å². The summed E-state index contributed by atoms with van der Waals surface area (Å²) in [5, 5.41) is 0. The third kappa shape index (κ3) is 39.3. The fourth-order valence-electron chi connectivity index (χ4n) is 6.29. The van der Waals surface area contributed by atoms with Crippen LogP contribution in [0, 0.1) is 0 Å². The molecule has 2 heteroatoms. The van der Waals surface area contributed by atoms with Crippen LogP contribution in [0.1, 0.15) is 238 Å². The Bertz CT molecular complexity index is 432. The van der Waals surface area contributed by atoms with Crippen LogP contribution in [-0.2, 0) is 9.59 Å². The maximum absolute atomic E-state index is 10.3. The van der Waals surface area contributed by atoms with Crippen molar-refractivity contribution in [3.63, 3.8) is 0 Å². The molecule has 0 bridgehead atoms. The van der Waals surface area contributed by atoms with E-state index in [9.17, 15) is 9.59 Å². The number of carbonyl (C=O) groups excluding carboxylic acids is 2. The number of hydrogen-bond acceptors (Lipinski definition) is 2. The molecular weight excluding hydrogens is 500 g/mol. The Morgan fingerprint density at radius 3 is 0.366 bits per heavy atom. The molecule has 0 atom stereocenters. The van der Waals surface area contributed by atoms with Crippen LogP contribution in [0.3, 0.4) is 0 Å². The van der Waals surface area contributed by atoms with Gasteiger partial charge >= 0.3 is 0 Å². The normalized spacial score (nSPS) is 11.3. The van der Waals surface area contributed by atoms with E-state index in [1.165, 1.54) is 212 Å². The van der Waals surface area contributed by atoms with Crippen LogP contribution in [0.2, 0.25) is 0 Å². The average molecular weight is 577 g/mol. The molecule has 0 aliphatic carbocycles. The standard InChI is InChI=1S/C39H76O2/c40-38-36-34-32-30-28-26-24-22-20-18-16-14-12-10-8-6-4-2-1-3-5-7-9-11-13-15-17-19-21-23-25-27-29-31-33-35-37-39-41/h38-39H,1-37H2.